The molecule has 0 aromatic carbocycles. The predicted molar refractivity (Wildman–Crippen MR) is 32.3 cm³/mol. The standard InChI is InChI=1S/C3HClN6/c4-3-5-1-2(6-3)8-10-9-7-1/h(H,5,6,7,8,9,10). The molecule has 0 spiro atoms. The van der Waals surface area contributed by atoms with Gasteiger partial charge >= 0.3 is 0 Å². The average Bonchev–Trinajstić information content (AvgIpc) is 2.27. The lowest BCUT2D eigenvalue weighted by molar-refractivity contribution is 0.790. The Morgan fingerprint density at radius 2 is 2.00 bits per heavy atom. The highest BCUT2D eigenvalue weighted by Crippen LogP contribution is 2.05. The maximum Gasteiger partial charge on any atom is 0.224 e. The molecule has 2 rings (SSSR count). The number of aromatic nitrogens is 6. The van der Waals surface area contributed by atoms with Crippen molar-refractivity contribution in [2.45, 2.75) is 0 Å². The first-order valence-corrected chi connectivity index (χ1v) is 2.81. The smallest absolute Gasteiger partial charge is 0.224 e. The molecule has 10 heavy (non-hydrogen) atoms. The molecule has 6 nitrogen and oxygen atoms in total. The van der Waals surface area contributed by atoms with Crippen molar-refractivity contribution in [2.75, 3.05) is 0 Å². The van der Waals surface area contributed by atoms with Crippen LogP contribution in [0.15, 0.2) is 0 Å². The summed E-state index contributed by atoms with van der Waals surface area (Å²) in [5.74, 6) is 0. The summed E-state index contributed by atoms with van der Waals surface area (Å²) in [7, 11) is 0. The number of nitrogens with one attached hydrogen (secondary N) is 1. The average molecular weight is 157 g/mol. The van der Waals surface area contributed by atoms with E-state index in [0.29, 0.717) is 11.3 Å². The van der Waals surface area contributed by atoms with Crippen molar-refractivity contribution in [1.82, 2.24) is 30.6 Å². The Morgan fingerprint density at radius 1 is 1.20 bits per heavy atom. The van der Waals surface area contributed by atoms with Gasteiger partial charge in [-0.25, -0.2) is 0 Å². The Kier molecular flexibility index (Phi) is 1.01. The Bertz CT molecular complexity index is 322. The summed E-state index contributed by atoms with van der Waals surface area (Å²) in [5.41, 5.74) is 0.819. The molecule has 0 unspecified atom stereocenters. The predicted octanol–water partition coefficient (Wildman–Crippen LogP) is -0.204. The molecule has 0 saturated heterocycles. The first-order valence-electron chi connectivity index (χ1n) is 2.43. The molecule has 0 amide bonds. The normalized spacial score (nSPS) is 10.5. The number of H-pyrrole nitrogens is 1. The minimum Gasteiger partial charge on any atom is -0.310 e. The van der Waals surface area contributed by atoms with Crippen LogP contribution in [0.2, 0.25) is 5.28 Å². The lowest BCUT2D eigenvalue weighted by atomic mass is 10.8. The molecular formula is C3HClN6. The summed E-state index contributed by atoms with van der Waals surface area (Å²) in [5, 5.41) is 13.9. The lowest BCUT2D eigenvalue weighted by Crippen LogP contribution is -1.90. The van der Waals surface area contributed by atoms with E-state index in [1.165, 1.54) is 0 Å². The number of fused-ring (bicyclic) bond motifs is 1. The van der Waals surface area contributed by atoms with Gasteiger partial charge in [-0.3, -0.25) is 0 Å². The van der Waals surface area contributed by atoms with Gasteiger partial charge in [-0.2, -0.15) is 4.98 Å². The lowest BCUT2D eigenvalue weighted by Gasteiger charge is -1.76. The van der Waals surface area contributed by atoms with E-state index in [-0.39, 0.29) is 5.28 Å². The van der Waals surface area contributed by atoms with Crippen molar-refractivity contribution in [2.24, 2.45) is 0 Å². The summed E-state index contributed by atoms with van der Waals surface area (Å²) < 4.78 is 0. The van der Waals surface area contributed by atoms with Crippen molar-refractivity contribution in [3.63, 3.8) is 0 Å². The van der Waals surface area contributed by atoms with Crippen molar-refractivity contribution in [1.29, 1.82) is 0 Å². The third-order valence-electron chi connectivity index (χ3n) is 0.962. The SMILES string of the molecule is Clc1nc2nnnnc2[nH]1. The van der Waals surface area contributed by atoms with Crippen LogP contribution in [0.1, 0.15) is 0 Å². The third-order valence-corrected chi connectivity index (χ3v) is 1.14. The third kappa shape index (κ3) is 0.695. The Labute approximate surface area is 59.6 Å². The van der Waals surface area contributed by atoms with Crippen LogP contribution in [0.4, 0.5) is 0 Å². The summed E-state index contributed by atoms with van der Waals surface area (Å²) in [6, 6.07) is 0. The molecule has 0 bridgehead atoms. The number of rotatable bonds is 0. The minimum absolute atomic E-state index is 0.241. The Balaban J connectivity index is 2.88. The van der Waals surface area contributed by atoms with E-state index in [9.17, 15) is 0 Å². The maximum atomic E-state index is 5.48. The zero-order valence-corrected chi connectivity index (χ0v) is 5.37. The van der Waals surface area contributed by atoms with E-state index in [4.69, 9.17) is 11.6 Å². The zero-order valence-electron chi connectivity index (χ0n) is 4.61. The maximum absolute atomic E-state index is 5.48. The van der Waals surface area contributed by atoms with Crippen LogP contribution in [-0.2, 0) is 0 Å². The highest BCUT2D eigenvalue weighted by Gasteiger charge is 2.01. The molecule has 2 aromatic rings. The molecule has 0 aliphatic carbocycles. The molecule has 0 saturated carbocycles. The van der Waals surface area contributed by atoms with E-state index in [1.54, 1.807) is 0 Å². The number of hydrogen-bond acceptors (Lipinski definition) is 5. The minimum atomic E-state index is 0.241. The van der Waals surface area contributed by atoms with Crippen LogP contribution in [0, 0.1) is 0 Å². The van der Waals surface area contributed by atoms with E-state index in [2.05, 4.69) is 30.6 Å². The monoisotopic (exact) mass is 156 g/mol. The van der Waals surface area contributed by atoms with Gasteiger partial charge < -0.3 is 4.98 Å². The van der Waals surface area contributed by atoms with E-state index >= 15 is 0 Å². The van der Waals surface area contributed by atoms with Crippen LogP contribution < -0.4 is 0 Å². The number of nitrogens with zero attached hydrogens (tertiary/aromatic N) is 5. The first kappa shape index (κ1) is 5.48. The highest BCUT2D eigenvalue weighted by molar-refractivity contribution is 6.28. The quantitative estimate of drug-likeness (QED) is 0.571. The van der Waals surface area contributed by atoms with Crippen LogP contribution >= 0.6 is 11.6 Å². The molecule has 0 fully saturated rings. The van der Waals surface area contributed by atoms with E-state index in [0.717, 1.165) is 0 Å². The molecule has 1 N–H and O–H groups in total. The number of halogens is 1. The summed E-state index contributed by atoms with van der Waals surface area (Å²) in [6.07, 6.45) is 0. The van der Waals surface area contributed by atoms with Gasteiger partial charge in [0.1, 0.15) is 0 Å². The van der Waals surface area contributed by atoms with E-state index in [1.807, 2.05) is 0 Å². The van der Waals surface area contributed by atoms with Gasteiger partial charge in [0.15, 0.2) is 0 Å². The fraction of sp³-hybridized carbons (Fsp3) is 0. The molecule has 0 aliphatic heterocycles. The number of imidazole rings is 1. The van der Waals surface area contributed by atoms with Gasteiger partial charge in [0.05, 0.1) is 0 Å². The first-order chi connectivity index (χ1) is 4.86. The van der Waals surface area contributed by atoms with Gasteiger partial charge in [0, 0.05) is 0 Å². The fourth-order valence-corrected chi connectivity index (χ4v) is 0.764. The molecular weight excluding hydrogens is 156 g/mol. The Morgan fingerprint density at radius 3 is 2.80 bits per heavy atom. The van der Waals surface area contributed by atoms with Crippen molar-refractivity contribution < 1.29 is 0 Å². The topological polar surface area (TPSA) is 80.2 Å². The molecule has 0 atom stereocenters. The van der Waals surface area contributed by atoms with Crippen LogP contribution in [-0.4, -0.2) is 30.6 Å². The van der Waals surface area contributed by atoms with Crippen molar-refractivity contribution in [3.8, 4) is 0 Å². The molecule has 7 heteroatoms. The highest BCUT2D eigenvalue weighted by atomic mass is 35.5. The van der Waals surface area contributed by atoms with Crippen LogP contribution in [0.25, 0.3) is 11.3 Å². The van der Waals surface area contributed by atoms with Gasteiger partial charge in [-0.15, -0.1) is 10.2 Å². The van der Waals surface area contributed by atoms with E-state index < -0.39 is 0 Å². The van der Waals surface area contributed by atoms with Gasteiger partial charge in [0.25, 0.3) is 0 Å². The summed E-state index contributed by atoms with van der Waals surface area (Å²) in [4.78, 5) is 6.38. The molecule has 0 radical (unpaired) electrons. The number of hydrogen-bond donors (Lipinski definition) is 1. The molecule has 2 heterocycles. The van der Waals surface area contributed by atoms with Gasteiger partial charge in [-0.1, -0.05) is 0 Å². The zero-order chi connectivity index (χ0) is 6.97. The Hall–Kier alpha value is -1.30. The second kappa shape index (κ2) is 1.84. The molecule has 0 aliphatic rings. The molecule has 2 aromatic heterocycles. The second-order valence-corrected chi connectivity index (χ2v) is 1.94. The van der Waals surface area contributed by atoms with Crippen LogP contribution in [0.3, 0.4) is 0 Å². The number of aromatic amines is 1. The van der Waals surface area contributed by atoms with Gasteiger partial charge in [-0.05, 0) is 22.0 Å². The fourth-order valence-electron chi connectivity index (χ4n) is 0.594. The summed E-state index contributed by atoms with van der Waals surface area (Å²) in [6.45, 7) is 0. The van der Waals surface area contributed by atoms with Crippen molar-refractivity contribution in [3.05, 3.63) is 5.28 Å². The van der Waals surface area contributed by atoms with Gasteiger partial charge in [0.2, 0.25) is 16.6 Å². The second-order valence-electron chi connectivity index (χ2n) is 1.58. The van der Waals surface area contributed by atoms with Crippen molar-refractivity contribution >= 4 is 22.9 Å². The van der Waals surface area contributed by atoms with Crippen LogP contribution in [0.5, 0.6) is 0 Å². The molecule has 50 valence electrons. The summed E-state index contributed by atoms with van der Waals surface area (Å²) >= 11 is 5.48. The largest absolute Gasteiger partial charge is 0.310 e.